The van der Waals surface area contributed by atoms with Crippen LogP contribution in [0.2, 0.25) is 0 Å². The summed E-state index contributed by atoms with van der Waals surface area (Å²) in [6.07, 6.45) is 0. The lowest BCUT2D eigenvalue weighted by Gasteiger charge is -2.27. The van der Waals surface area contributed by atoms with Gasteiger partial charge in [-0.15, -0.1) is 0 Å². The topological polar surface area (TPSA) is 90.4 Å². The van der Waals surface area contributed by atoms with Gasteiger partial charge in [-0.05, 0) is 54.4 Å². The number of rotatable bonds is 9. The molecule has 8 nitrogen and oxygen atoms in total. The molecule has 0 saturated heterocycles. The Morgan fingerprint density at radius 3 is 2.16 bits per heavy atom. The van der Waals surface area contributed by atoms with Crippen molar-refractivity contribution in [2.75, 3.05) is 33.8 Å². The molecule has 1 aliphatic rings. The highest BCUT2D eigenvalue weighted by molar-refractivity contribution is 8.13. The third kappa shape index (κ3) is 6.06. The standard InChI is InChI=1S/C29H31N3O5S/c1-18-25(28(33)31-21-9-7-6-8-10-21)26(20-15-23(35-3)27(37-5)24(16-20)36-4)32-29(30-18)38-17-19-11-13-22(34-2)14-12-19/h6-16,26H,17H2,1-5H3,(H,30,32)(H,31,33)/t26-/m0/s1. The number of nitrogens with one attached hydrogen (secondary N) is 2. The van der Waals surface area contributed by atoms with Crippen LogP contribution in [0.5, 0.6) is 23.0 Å². The molecule has 1 atom stereocenters. The quantitative estimate of drug-likeness (QED) is 0.372. The number of benzene rings is 3. The van der Waals surface area contributed by atoms with E-state index in [2.05, 4.69) is 10.6 Å². The first kappa shape index (κ1) is 26.9. The Morgan fingerprint density at radius 1 is 0.921 bits per heavy atom. The fourth-order valence-electron chi connectivity index (χ4n) is 4.11. The first-order chi connectivity index (χ1) is 18.5. The number of anilines is 1. The lowest BCUT2D eigenvalue weighted by atomic mass is 9.95. The Kier molecular flexibility index (Phi) is 8.81. The molecule has 0 saturated carbocycles. The molecule has 4 rings (SSSR count). The Bertz CT molecular complexity index is 1320. The van der Waals surface area contributed by atoms with Crippen LogP contribution in [0.25, 0.3) is 0 Å². The minimum absolute atomic E-state index is 0.247. The molecule has 0 radical (unpaired) electrons. The number of carbonyl (C=O) groups is 1. The number of amides is 1. The van der Waals surface area contributed by atoms with Crippen LogP contribution in [-0.4, -0.2) is 39.5 Å². The molecule has 0 unspecified atom stereocenters. The van der Waals surface area contributed by atoms with Crippen molar-refractivity contribution >= 4 is 28.5 Å². The zero-order chi connectivity index (χ0) is 27.1. The highest BCUT2D eigenvalue weighted by atomic mass is 32.2. The molecule has 0 fully saturated rings. The van der Waals surface area contributed by atoms with Gasteiger partial charge in [-0.2, -0.15) is 0 Å². The Balaban J connectivity index is 1.70. The van der Waals surface area contributed by atoms with E-state index in [-0.39, 0.29) is 5.91 Å². The van der Waals surface area contributed by atoms with E-state index >= 15 is 0 Å². The van der Waals surface area contributed by atoms with Gasteiger partial charge in [-0.1, -0.05) is 42.1 Å². The van der Waals surface area contributed by atoms with E-state index in [1.807, 2.05) is 73.7 Å². The number of ether oxygens (including phenoxy) is 4. The van der Waals surface area contributed by atoms with E-state index in [0.29, 0.717) is 45.1 Å². The average Bonchev–Trinajstić information content (AvgIpc) is 2.95. The van der Waals surface area contributed by atoms with Crippen LogP contribution in [0.3, 0.4) is 0 Å². The number of thioether (sulfide) groups is 1. The molecule has 1 heterocycles. The molecule has 38 heavy (non-hydrogen) atoms. The molecule has 1 amide bonds. The second kappa shape index (κ2) is 12.4. The lowest BCUT2D eigenvalue weighted by molar-refractivity contribution is -0.113. The predicted octanol–water partition coefficient (Wildman–Crippen LogP) is 5.57. The van der Waals surface area contributed by atoms with Gasteiger partial charge in [0.05, 0.1) is 34.0 Å². The van der Waals surface area contributed by atoms with Crippen LogP contribution in [0.1, 0.15) is 24.1 Å². The van der Waals surface area contributed by atoms with Gasteiger partial charge in [0.1, 0.15) is 11.8 Å². The highest BCUT2D eigenvalue weighted by Gasteiger charge is 2.31. The van der Waals surface area contributed by atoms with E-state index in [9.17, 15) is 4.79 Å². The molecule has 198 valence electrons. The summed E-state index contributed by atoms with van der Waals surface area (Å²) in [5, 5.41) is 7.02. The number of aliphatic imine (C=N–C) groups is 1. The van der Waals surface area contributed by atoms with Crippen molar-refractivity contribution in [3.8, 4) is 23.0 Å². The molecule has 0 aromatic heterocycles. The van der Waals surface area contributed by atoms with Crippen molar-refractivity contribution in [3.05, 3.63) is 89.1 Å². The number of amidine groups is 1. The molecule has 1 aliphatic heterocycles. The van der Waals surface area contributed by atoms with Crippen molar-refractivity contribution < 1.29 is 23.7 Å². The van der Waals surface area contributed by atoms with Gasteiger partial charge < -0.3 is 29.6 Å². The Hall–Kier alpha value is -4.11. The number of hydrogen-bond acceptors (Lipinski definition) is 8. The van der Waals surface area contributed by atoms with Gasteiger partial charge in [0, 0.05) is 17.1 Å². The Morgan fingerprint density at radius 2 is 1.58 bits per heavy atom. The molecule has 3 aromatic rings. The summed E-state index contributed by atoms with van der Waals surface area (Å²) in [4.78, 5) is 18.5. The predicted molar refractivity (Wildman–Crippen MR) is 151 cm³/mol. The van der Waals surface area contributed by atoms with Crippen LogP contribution < -0.4 is 29.6 Å². The van der Waals surface area contributed by atoms with Crippen LogP contribution in [-0.2, 0) is 10.5 Å². The van der Waals surface area contributed by atoms with Crippen molar-refractivity contribution in [1.29, 1.82) is 0 Å². The zero-order valence-corrected chi connectivity index (χ0v) is 22.8. The third-order valence-corrected chi connectivity index (χ3v) is 6.99. The van der Waals surface area contributed by atoms with Gasteiger partial charge in [0.2, 0.25) is 5.75 Å². The molecule has 0 spiro atoms. The first-order valence-corrected chi connectivity index (χ1v) is 12.9. The van der Waals surface area contributed by atoms with E-state index in [0.717, 1.165) is 16.9 Å². The van der Waals surface area contributed by atoms with E-state index in [1.54, 1.807) is 40.2 Å². The monoisotopic (exact) mass is 533 g/mol. The molecule has 0 aliphatic carbocycles. The van der Waals surface area contributed by atoms with Crippen LogP contribution in [0, 0.1) is 0 Å². The lowest BCUT2D eigenvalue weighted by Crippen LogP contribution is -2.32. The number of para-hydroxylation sites is 1. The summed E-state index contributed by atoms with van der Waals surface area (Å²) >= 11 is 1.56. The second-order valence-electron chi connectivity index (χ2n) is 8.42. The molecular formula is C29H31N3O5S. The molecular weight excluding hydrogens is 502 g/mol. The number of carbonyl (C=O) groups excluding carboxylic acids is 1. The van der Waals surface area contributed by atoms with E-state index < -0.39 is 6.04 Å². The van der Waals surface area contributed by atoms with Crippen molar-refractivity contribution in [2.45, 2.75) is 18.7 Å². The Labute approximate surface area is 227 Å². The molecule has 0 bridgehead atoms. The van der Waals surface area contributed by atoms with Crippen LogP contribution in [0.15, 0.2) is 83.0 Å². The molecule has 9 heteroatoms. The van der Waals surface area contributed by atoms with Gasteiger partial charge >= 0.3 is 0 Å². The number of nitrogens with zero attached hydrogens (tertiary/aromatic N) is 1. The first-order valence-electron chi connectivity index (χ1n) is 11.9. The summed E-state index contributed by atoms with van der Waals surface area (Å²) in [6, 6.07) is 20.3. The number of allylic oxidation sites excluding steroid dienone is 1. The van der Waals surface area contributed by atoms with Gasteiger partial charge in [0.15, 0.2) is 16.7 Å². The number of hydrogen-bond donors (Lipinski definition) is 2. The number of methoxy groups -OCH3 is 4. The van der Waals surface area contributed by atoms with Crippen molar-refractivity contribution in [2.24, 2.45) is 4.99 Å². The zero-order valence-electron chi connectivity index (χ0n) is 22.0. The van der Waals surface area contributed by atoms with Gasteiger partial charge in [-0.25, -0.2) is 4.99 Å². The SMILES string of the molecule is COc1ccc(CSC2=N[C@@H](c3cc(OC)c(OC)c(OC)c3)C(C(=O)Nc3ccccc3)=C(C)N2)cc1. The van der Waals surface area contributed by atoms with Crippen LogP contribution >= 0.6 is 11.8 Å². The molecule has 2 N–H and O–H groups in total. The summed E-state index contributed by atoms with van der Waals surface area (Å²) in [5.41, 5.74) is 3.77. The van der Waals surface area contributed by atoms with E-state index in [4.69, 9.17) is 23.9 Å². The average molecular weight is 534 g/mol. The van der Waals surface area contributed by atoms with E-state index in [1.165, 1.54) is 0 Å². The summed E-state index contributed by atoms with van der Waals surface area (Å²) in [7, 11) is 6.33. The minimum Gasteiger partial charge on any atom is -0.497 e. The maximum Gasteiger partial charge on any atom is 0.255 e. The van der Waals surface area contributed by atoms with Gasteiger partial charge in [0.25, 0.3) is 5.91 Å². The fraction of sp³-hybridized carbons (Fsp3) is 0.241. The molecule has 3 aromatic carbocycles. The summed E-state index contributed by atoms with van der Waals surface area (Å²) in [5.74, 6) is 2.70. The largest absolute Gasteiger partial charge is 0.497 e. The maximum atomic E-state index is 13.6. The normalized spacial score (nSPS) is 14.8. The minimum atomic E-state index is -0.605. The van der Waals surface area contributed by atoms with Crippen molar-refractivity contribution in [3.63, 3.8) is 0 Å². The van der Waals surface area contributed by atoms with Crippen molar-refractivity contribution in [1.82, 2.24) is 5.32 Å². The van der Waals surface area contributed by atoms with Gasteiger partial charge in [-0.3, -0.25) is 4.79 Å². The van der Waals surface area contributed by atoms with Crippen LogP contribution in [0.4, 0.5) is 5.69 Å². The maximum absolute atomic E-state index is 13.6. The summed E-state index contributed by atoms with van der Waals surface area (Å²) < 4.78 is 21.9. The highest BCUT2D eigenvalue weighted by Crippen LogP contribution is 2.43. The second-order valence-corrected chi connectivity index (χ2v) is 9.38. The smallest absolute Gasteiger partial charge is 0.255 e. The third-order valence-electron chi connectivity index (χ3n) is 6.03. The fourth-order valence-corrected chi connectivity index (χ4v) is 5.01. The summed E-state index contributed by atoms with van der Waals surface area (Å²) in [6.45, 7) is 1.88.